The molecule has 0 atom stereocenters. The monoisotopic (exact) mass is 295 g/mol. The first-order valence-electron chi connectivity index (χ1n) is 6.03. The van der Waals surface area contributed by atoms with Crippen LogP contribution in [0, 0.1) is 10.1 Å². The van der Waals surface area contributed by atoms with Crippen LogP contribution in [0.4, 0.5) is 11.4 Å². The quantitative estimate of drug-likeness (QED) is 0.493. The molecule has 0 aliphatic rings. The summed E-state index contributed by atoms with van der Waals surface area (Å²) < 4.78 is 0. The maximum Gasteiger partial charge on any atom is 0.269 e. The number of non-ortho nitro benzene ring substituents is 1. The molecular formula is C13H17N3O3S. The smallest absolute Gasteiger partial charge is 0.269 e. The third-order valence-corrected chi connectivity index (χ3v) is 2.68. The Hall–Kier alpha value is -2.02. The van der Waals surface area contributed by atoms with E-state index in [0.29, 0.717) is 17.2 Å². The fourth-order valence-electron chi connectivity index (χ4n) is 1.80. The van der Waals surface area contributed by atoms with E-state index in [2.05, 4.69) is 10.6 Å². The lowest BCUT2D eigenvalue weighted by Gasteiger charge is -2.26. The summed E-state index contributed by atoms with van der Waals surface area (Å²) in [7, 11) is 0. The van der Waals surface area contributed by atoms with Crippen LogP contribution in [0.3, 0.4) is 0 Å². The summed E-state index contributed by atoms with van der Waals surface area (Å²) in [5, 5.41) is 16.9. The molecule has 0 bridgehead atoms. The van der Waals surface area contributed by atoms with E-state index >= 15 is 0 Å². The highest BCUT2D eigenvalue weighted by Gasteiger charge is 2.20. The Bertz CT molecular complexity index is 526. The van der Waals surface area contributed by atoms with Gasteiger partial charge < -0.3 is 10.6 Å². The van der Waals surface area contributed by atoms with Gasteiger partial charge in [-0.2, -0.15) is 0 Å². The predicted molar refractivity (Wildman–Crippen MR) is 81.8 cm³/mol. The molecule has 108 valence electrons. The van der Waals surface area contributed by atoms with Crippen molar-refractivity contribution in [3.63, 3.8) is 0 Å². The topological polar surface area (TPSA) is 84.3 Å². The molecule has 0 saturated carbocycles. The van der Waals surface area contributed by atoms with Crippen LogP contribution in [0.25, 0.3) is 0 Å². The molecular weight excluding hydrogens is 278 g/mol. The van der Waals surface area contributed by atoms with Gasteiger partial charge in [-0.3, -0.25) is 14.9 Å². The number of benzene rings is 1. The van der Waals surface area contributed by atoms with Crippen LogP contribution in [-0.2, 0) is 4.79 Å². The van der Waals surface area contributed by atoms with Crippen molar-refractivity contribution in [2.24, 2.45) is 0 Å². The van der Waals surface area contributed by atoms with E-state index in [0.717, 1.165) is 0 Å². The molecule has 0 radical (unpaired) electrons. The summed E-state index contributed by atoms with van der Waals surface area (Å²) in [5.41, 5.74) is 0.217. The molecule has 0 spiro atoms. The summed E-state index contributed by atoms with van der Waals surface area (Å²) >= 11 is 5.15. The van der Waals surface area contributed by atoms with Gasteiger partial charge in [0.15, 0.2) is 5.11 Å². The Balaban J connectivity index is 2.62. The number of carbonyl (C=O) groups is 1. The molecule has 1 aromatic rings. The Labute approximate surface area is 122 Å². The maximum atomic E-state index is 11.1. The summed E-state index contributed by atoms with van der Waals surface area (Å²) in [6.07, 6.45) is 0.356. The van der Waals surface area contributed by atoms with Crippen molar-refractivity contribution in [1.29, 1.82) is 0 Å². The lowest BCUT2D eigenvalue weighted by Crippen LogP contribution is -2.46. The molecule has 0 saturated heterocycles. The second-order valence-corrected chi connectivity index (χ2v) is 5.55. The molecule has 7 heteroatoms. The highest BCUT2D eigenvalue weighted by atomic mass is 32.1. The fourth-order valence-corrected chi connectivity index (χ4v) is 2.20. The van der Waals surface area contributed by atoms with Crippen molar-refractivity contribution in [2.75, 3.05) is 5.32 Å². The Morgan fingerprint density at radius 3 is 2.35 bits per heavy atom. The van der Waals surface area contributed by atoms with Crippen LogP contribution >= 0.6 is 12.2 Å². The number of nitro groups is 1. The maximum absolute atomic E-state index is 11.1. The minimum Gasteiger partial charge on any atom is -0.357 e. The molecule has 6 nitrogen and oxygen atoms in total. The van der Waals surface area contributed by atoms with E-state index in [1.807, 2.05) is 13.8 Å². The molecule has 2 N–H and O–H groups in total. The van der Waals surface area contributed by atoms with Gasteiger partial charge in [0.2, 0.25) is 0 Å². The van der Waals surface area contributed by atoms with Crippen LogP contribution in [0.5, 0.6) is 0 Å². The number of anilines is 1. The summed E-state index contributed by atoms with van der Waals surface area (Å²) in [6.45, 7) is 5.27. The summed E-state index contributed by atoms with van der Waals surface area (Å²) in [4.78, 5) is 21.2. The molecule has 0 aromatic heterocycles. The van der Waals surface area contributed by atoms with Crippen LogP contribution in [-0.4, -0.2) is 21.4 Å². The third-order valence-electron chi connectivity index (χ3n) is 2.48. The van der Waals surface area contributed by atoms with Crippen molar-refractivity contribution >= 4 is 34.5 Å². The Morgan fingerprint density at radius 1 is 1.35 bits per heavy atom. The van der Waals surface area contributed by atoms with Crippen molar-refractivity contribution in [2.45, 2.75) is 32.7 Å². The van der Waals surface area contributed by atoms with Gasteiger partial charge in [-0.25, -0.2) is 0 Å². The van der Waals surface area contributed by atoms with E-state index in [1.165, 1.54) is 19.1 Å². The SMILES string of the molecule is CC(=O)CC(C)(C)NC(=S)Nc1ccc([N+](=O)[O-])cc1. The Morgan fingerprint density at radius 2 is 1.90 bits per heavy atom. The second kappa shape index (κ2) is 6.42. The third kappa shape index (κ3) is 5.31. The zero-order chi connectivity index (χ0) is 15.3. The van der Waals surface area contributed by atoms with Gasteiger partial charge in [-0.15, -0.1) is 0 Å². The number of Topliss-reactive ketones (excluding diaryl/α,β-unsaturated/α-hetero) is 1. The number of thiocarbonyl (C=S) groups is 1. The molecule has 1 rings (SSSR count). The molecule has 0 amide bonds. The molecule has 0 heterocycles. The highest BCUT2D eigenvalue weighted by molar-refractivity contribution is 7.80. The number of hydrogen-bond acceptors (Lipinski definition) is 4. The number of hydrogen-bond donors (Lipinski definition) is 2. The van der Waals surface area contributed by atoms with Crippen LogP contribution in [0.2, 0.25) is 0 Å². The fraction of sp³-hybridized carbons (Fsp3) is 0.385. The molecule has 0 aliphatic carbocycles. The standard InChI is InChI=1S/C13H17N3O3S/c1-9(17)8-13(2,3)15-12(20)14-10-4-6-11(7-5-10)16(18)19/h4-7H,8H2,1-3H3,(H2,14,15,20). The molecule has 0 unspecified atom stereocenters. The minimum absolute atomic E-state index is 0.0198. The first kappa shape index (κ1) is 16.0. The minimum atomic E-state index is -0.462. The summed E-state index contributed by atoms with van der Waals surface area (Å²) in [5.74, 6) is 0.0700. The largest absolute Gasteiger partial charge is 0.357 e. The number of nitro benzene ring substituents is 1. The number of ketones is 1. The normalized spacial score (nSPS) is 10.8. The van der Waals surface area contributed by atoms with E-state index in [4.69, 9.17) is 12.2 Å². The molecule has 0 aliphatic heterocycles. The number of carbonyl (C=O) groups excluding carboxylic acids is 1. The highest BCUT2D eigenvalue weighted by Crippen LogP contribution is 2.16. The zero-order valence-corrected chi connectivity index (χ0v) is 12.4. The molecule has 0 fully saturated rings. The summed E-state index contributed by atoms with van der Waals surface area (Å²) in [6, 6.07) is 5.94. The van der Waals surface area contributed by atoms with Gasteiger partial charge >= 0.3 is 0 Å². The predicted octanol–water partition coefficient (Wildman–Crippen LogP) is 2.64. The van der Waals surface area contributed by atoms with E-state index < -0.39 is 10.5 Å². The zero-order valence-electron chi connectivity index (χ0n) is 11.6. The van der Waals surface area contributed by atoms with Crippen molar-refractivity contribution < 1.29 is 9.72 Å². The molecule has 20 heavy (non-hydrogen) atoms. The first-order valence-corrected chi connectivity index (χ1v) is 6.43. The van der Waals surface area contributed by atoms with Gasteiger partial charge in [0.25, 0.3) is 5.69 Å². The van der Waals surface area contributed by atoms with E-state index in [-0.39, 0.29) is 11.5 Å². The van der Waals surface area contributed by atoms with E-state index in [9.17, 15) is 14.9 Å². The average molecular weight is 295 g/mol. The van der Waals surface area contributed by atoms with Crippen LogP contribution < -0.4 is 10.6 Å². The van der Waals surface area contributed by atoms with Crippen molar-refractivity contribution in [3.8, 4) is 0 Å². The van der Waals surface area contributed by atoms with Crippen LogP contribution in [0.15, 0.2) is 24.3 Å². The Kier molecular flexibility index (Phi) is 5.15. The number of nitrogens with zero attached hydrogens (tertiary/aromatic N) is 1. The van der Waals surface area contributed by atoms with Gasteiger partial charge in [0, 0.05) is 29.8 Å². The second-order valence-electron chi connectivity index (χ2n) is 5.15. The van der Waals surface area contributed by atoms with Crippen LogP contribution in [0.1, 0.15) is 27.2 Å². The lowest BCUT2D eigenvalue weighted by atomic mass is 9.99. The van der Waals surface area contributed by atoms with Crippen molar-refractivity contribution in [1.82, 2.24) is 5.32 Å². The number of nitrogens with one attached hydrogen (secondary N) is 2. The lowest BCUT2D eigenvalue weighted by molar-refractivity contribution is -0.384. The van der Waals surface area contributed by atoms with E-state index in [1.54, 1.807) is 12.1 Å². The number of rotatable bonds is 5. The molecule has 1 aromatic carbocycles. The van der Waals surface area contributed by atoms with Gasteiger partial charge in [-0.1, -0.05) is 0 Å². The van der Waals surface area contributed by atoms with Gasteiger partial charge in [0.1, 0.15) is 5.78 Å². The first-order chi connectivity index (χ1) is 9.19. The van der Waals surface area contributed by atoms with Gasteiger partial charge in [0.05, 0.1) is 4.92 Å². The average Bonchev–Trinajstić information content (AvgIpc) is 2.26. The van der Waals surface area contributed by atoms with Gasteiger partial charge in [-0.05, 0) is 45.1 Å². The van der Waals surface area contributed by atoms with Crippen molar-refractivity contribution in [3.05, 3.63) is 34.4 Å².